The molecule has 14 nitrogen and oxygen atoms in total. The highest BCUT2D eigenvalue weighted by molar-refractivity contribution is 5.96. The van der Waals surface area contributed by atoms with Crippen LogP contribution in [-0.2, 0) is 46.5 Å². The molecule has 3 rings (SSSR count). The number of aliphatic hydroxyl groups is 2. The van der Waals surface area contributed by atoms with Crippen LogP contribution in [0.1, 0.15) is 79.3 Å². The first kappa shape index (κ1) is 48.1. The Morgan fingerprint density at radius 3 is 2.30 bits per heavy atom. The third kappa shape index (κ3) is 14.1. The molecule has 1 heterocycles. The third-order valence-corrected chi connectivity index (χ3v) is 10.2. The summed E-state index contributed by atoms with van der Waals surface area (Å²) in [6, 6.07) is 7.63. The molecule has 0 aromatic heterocycles. The largest absolute Gasteiger partial charge is 1.00 e. The molecule has 54 heavy (non-hydrogen) atoms. The van der Waals surface area contributed by atoms with Gasteiger partial charge >= 0.3 is 5.97 Å². The summed E-state index contributed by atoms with van der Waals surface area (Å²) in [7, 11) is 0. The minimum absolute atomic E-state index is 0. The minimum atomic E-state index is -2.09. The molecule has 0 saturated carbocycles. The summed E-state index contributed by atoms with van der Waals surface area (Å²) in [6.45, 7) is 17.9. The predicted molar refractivity (Wildman–Crippen MR) is 201 cm³/mol. The zero-order valence-corrected chi connectivity index (χ0v) is 34.0. The SMILES string of the molecule is CCC[N+](CC)(CCCN1CCCC[C@@H]1C(=O)Nc1c(C)ccc(COC=O)c1C)CC(=O)Cc1c(C)ccc(N)c1C.O=COC(O)C(O)C(=O)O.[Br-]. The van der Waals surface area contributed by atoms with E-state index in [2.05, 4.69) is 35.7 Å². The summed E-state index contributed by atoms with van der Waals surface area (Å²) < 4.78 is 9.45. The molecule has 1 saturated heterocycles. The Kier molecular flexibility index (Phi) is 21.2. The number of rotatable bonds is 20. The highest BCUT2D eigenvalue weighted by Crippen LogP contribution is 2.27. The van der Waals surface area contributed by atoms with E-state index in [-0.39, 0.29) is 47.8 Å². The number of hydrogen-bond acceptors (Lipinski definition) is 11. The van der Waals surface area contributed by atoms with Crippen molar-refractivity contribution in [1.29, 1.82) is 0 Å². The molecule has 0 radical (unpaired) electrons. The zero-order chi connectivity index (χ0) is 39.7. The third-order valence-electron chi connectivity index (χ3n) is 10.2. The Bertz CT molecular complexity index is 1560. The van der Waals surface area contributed by atoms with Crippen molar-refractivity contribution in [2.45, 2.75) is 105 Å². The second kappa shape index (κ2) is 23.8. The van der Waals surface area contributed by atoms with Gasteiger partial charge in [0.25, 0.3) is 12.9 Å². The molecule has 0 bridgehead atoms. The number of benzene rings is 2. The van der Waals surface area contributed by atoms with Crippen molar-refractivity contribution in [2.24, 2.45) is 0 Å². The number of carboxylic acid groups (broad SMARTS) is 1. The van der Waals surface area contributed by atoms with Gasteiger partial charge in [-0.2, -0.15) is 0 Å². The number of quaternary nitrogens is 1. The molecular formula is C39H59BrN4O10. The van der Waals surface area contributed by atoms with Gasteiger partial charge in [0.05, 0.1) is 25.7 Å². The van der Waals surface area contributed by atoms with Crippen LogP contribution >= 0.6 is 0 Å². The Morgan fingerprint density at radius 1 is 1.00 bits per heavy atom. The van der Waals surface area contributed by atoms with Gasteiger partial charge in [-0.25, -0.2) is 4.79 Å². The van der Waals surface area contributed by atoms with Crippen molar-refractivity contribution in [3.63, 3.8) is 0 Å². The number of ether oxygens (including phenoxy) is 2. The van der Waals surface area contributed by atoms with Crippen molar-refractivity contribution in [2.75, 3.05) is 50.3 Å². The topological polar surface area (TPSA) is 206 Å². The highest BCUT2D eigenvalue weighted by Gasteiger charge is 2.32. The predicted octanol–water partition coefficient (Wildman–Crippen LogP) is 0.344. The molecule has 2 aromatic carbocycles. The molecule has 302 valence electrons. The first-order chi connectivity index (χ1) is 25.1. The number of nitrogen functional groups attached to an aromatic ring is 1. The first-order valence-corrected chi connectivity index (χ1v) is 18.2. The van der Waals surface area contributed by atoms with E-state index < -0.39 is 18.4 Å². The van der Waals surface area contributed by atoms with Gasteiger partial charge in [0.2, 0.25) is 18.3 Å². The molecule has 0 aliphatic carbocycles. The number of anilines is 2. The van der Waals surface area contributed by atoms with Crippen molar-refractivity contribution in [1.82, 2.24) is 4.90 Å². The van der Waals surface area contributed by atoms with E-state index in [1.54, 1.807) is 0 Å². The average Bonchev–Trinajstić information content (AvgIpc) is 3.13. The van der Waals surface area contributed by atoms with E-state index in [1.807, 2.05) is 45.0 Å². The number of carbonyl (C=O) groups is 5. The number of aryl methyl sites for hydroxylation is 2. The summed E-state index contributed by atoms with van der Waals surface area (Å²) in [5, 5.41) is 28.0. The number of nitrogens with one attached hydrogen (secondary N) is 1. The lowest BCUT2D eigenvalue weighted by Crippen LogP contribution is -3.00. The minimum Gasteiger partial charge on any atom is -1.00 e. The van der Waals surface area contributed by atoms with Gasteiger partial charge < -0.3 is 57.3 Å². The molecule has 1 aliphatic heterocycles. The number of Topliss-reactive ketones (excluding diaryl/α,β-unsaturated/α-hetero) is 1. The average molecular weight is 824 g/mol. The Morgan fingerprint density at radius 2 is 1.69 bits per heavy atom. The monoisotopic (exact) mass is 822 g/mol. The molecule has 15 heteroatoms. The second-order valence-corrected chi connectivity index (χ2v) is 13.8. The fourth-order valence-corrected chi connectivity index (χ4v) is 6.97. The summed E-state index contributed by atoms with van der Waals surface area (Å²) in [5.41, 5.74) is 13.7. The summed E-state index contributed by atoms with van der Waals surface area (Å²) in [5.74, 6) is -1.38. The lowest BCUT2D eigenvalue weighted by molar-refractivity contribution is -0.919. The Labute approximate surface area is 329 Å². The van der Waals surface area contributed by atoms with E-state index in [0.717, 1.165) is 114 Å². The van der Waals surface area contributed by atoms with Crippen molar-refractivity contribution >= 4 is 42.0 Å². The molecule has 4 atom stereocenters. The number of hydrogen-bond donors (Lipinski definition) is 5. The van der Waals surface area contributed by atoms with Crippen LogP contribution in [-0.4, -0.2) is 113 Å². The zero-order valence-electron chi connectivity index (χ0n) is 32.4. The van der Waals surface area contributed by atoms with Gasteiger partial charge in [-0.15, -0.1) is 0 Å². The quantitative estimate of drug-likeness (QED) is 0.0531. The Hall–Kier alpha value is -3.89. The molecule has 2 aromatic rings. The number of amides is 1. The highest BCUT2D eigenvalue weighted by atomic mass is 79.9. The summed E-state index contributed by atoms with van der Waals surface area (Å²) >= 11 is 0. The van der Waals surface area contributed by atoms with E-state index in [9.17, 15) is 24.0 Å². The smallest absolute Gasteiger partial charge is 0.339 e. The number of ketones is 1. The van der Waals surface area contributed by atoms with Crippen LogP contribution in [0.4, 0.5) is 11.4 Å². The lowest BCUT2D eigenvalue weighted by atomic mass is 9.96. The molecule has 1 amide bonds. The summed E-state index contributed by atoms with van der Waals surface area (Å²) in [6.07, 6.45) is 1.21. The normalized spacial score (nSPS) is 16.3. The van der Waals surface area contributed by atoms with E-state index in [4.69, 9.17) is 25.8 Å². The van der Waals surface area contributed by atoms with E-state index in [0.29, 0.717) is 19.4 Å². The number of carboxylic acids is 1. The second-order valence-electron chi connectivity index (χ2n) is 13.8. The Balaban J connectivity index is 0.00000116. The van der Waals surface area contributed by atoms with Gasteiger partial charge in [-0.3, -0.25) is 24.1 Å². The fourth-order valence-electron chi connectivity index (χ4n) is 6.97. The maximum absolute atomic E-state index is 13.6. The molecule has 6 N–H and O–H groups in total. The van der Waals surface area contributed by atoms with Crippen molar-refractivity contribution < 1.29 is 70.2 Å². The van der Waals surface area contributed by atoms with Gasteiger partial charge in [-0.05, 0) is 99.9 Å². The van der Waals surface area contributed by atoms with Crippen LogP contribution in [0.3, 0.4) is 0 Å². The number of carbonyl (C=O) groups excluding carboxylic acids is 4. The molecule has 0 spiro atoms. The molecule has 3 unspecified atom stereocenters. The fraction of sp³-hybridized carbons (Fsp3) is 0.564. The molecule has 1 fully saturated rings. The number of nitrogens with two attached hydrogens (primary N) is 1. The van der Waals surface area contributed by atoms with Crippen LogP contribution in [0.15, 0.2) is 24.3 Å². The number of likely N-dealkylation sites (N-methyl/N-ethyl adjacent to an activating group) is 1. The lowest BCUT2D eigenvalue weighted by Gasteiger charge is -2.39. The van der Waals surface area contributed by atoms with E-state index in [1.165, 1.54) is 0 Å². The van der Waals surface area contributed by atoms with Crippen LogP contribution < -0.4 is 28.0 Å². The standard InChI is InChI=1S/C35H52N4O4.C4H6O6.BrH/c1-7-19-39(8-2,22-30(41)21-31-25(3)14-16-32(36)28(31)6)20-11-18-38-17-10-9-12-33(38)35(42)37-34-26(4)13-15-29(27(34)5)23-43-24-40;5-1-10-4(9)2(6)3(7)8;/h13-16,24,33H,7-12,17-23,36H2,1-6H3;1-2,4,6,9H,(H,7,8);1H/t33-,39?;;/m1../s1. The number of nitrogens with zero attached hydrogens (tertiary/aromatic N) is 2. The van der Waals surface area contributed by atoms with Crippen molar-refractivity contribution in [3.05, 3.63) is 57.6 Å². The number of piperidine rings is 1. The van der Waals surface area contributed by atoms with Crippen LogP contribution in [0.25, 0.3) is 0 Å². The van der Waals surface area contributed by atoms with Gasteiger partial charge in [0.15, 0.2) is 5.78 Å². The van der Waals surface area contributed by atoms with Gasteiger partial charge in [-0.1, -0.05) is 31.5 Å². The van der Waals surface area contributed by atoms with Crippen LogP contribution in [0, 0.1) is 27.7 Å². The van der Waals surface area contributed by atoms with Crippen molar-refractivity contribution in [3.8, 4) is 0 Å². The van der Waals surface area contributed by atoms with E-state index >= 15 is 0 Å². The van der Waals surface area contributed by atoms with Gasteiger partial charge in [0.1, 0.15) is 13.2 Å². The van der Waals surface area contributed by atoms with Crippen LogP contribution in [0.2, 0.25) is 0 Å². The molecule has 1 aliphatic rings. The molecular weight excluding hydrogens is 764 g/mol. The van der Waals surface area contributed by atoms with Gasteiger partial charge in [0, 0.05) is 30.8 Å². The first-order valence-electron chi connectivity index (χ1n) is 18.2. The maximum atomic E-state index is 13.6. The summed E-state index contributed by atoms with van der Waals surface area (Å²) in [4.78, 5) is 59.4. The number of aliphatic hydroxyl groups excluding tert-OH is 2. The number of halogens is 1. The number of likely N-dealkylation sites (tertiary alicyclic amines) is 1. The van der Waals surface area contributed by atoms with Crippen LogP contribution in [0.5, 0.6) is 0 Å². The maximum Gasteiger partial charge on any atom is 0.339 e. The number of aliphatic carboxylic acids is 1.